The third-order valence-corrected chi connectivity index (χ3v) is 5.62. The summed E-state index contributed by atoms with van der Waals surface area (Å²) in [5, 5.41) is 2.77. The first-order chi connectivity index (χ1) is 10.7. The molecule has 7 heteroatoms. The van der Waals surface area contributed by atoms with Crippen molar-refractivity contribution < 1.29 is 18.0 Å². The number of benzene rings is 1. The van der Waals surface area contributed by atoms with E-state index >= 15 is 0 Å². The molecule has 1 N–H and O–H groups in total. The van der Waals surface area contributed by atoms with Gasteiger partial charge in [-0.05, 0) is 43.5 Å². The van der Waals surface area contributed by atoms with Gasteiger partial charge in [-0.1, -0.05) is 6.07 Å². The molecule has 1 unspecified atom stereocenters. The van der Waals surface area contributed by atoms with Gasteiger partial charge >= 0.3 is 0 Å². The first kappa shape index (κ1) is 17.5. The Morgan fingerprint density at radius 2 is 1.83 bits per heavy atom. The Bertz CT molecular complexity index is 707. The number of carbonyl (C=O) groups is 2. The van der Waals surface area contributed by atoms with E-state index in [2.05, 4.69) is 5.32 Å². The van der Waals surface area contributed by atoms with Crippen LogP contribution in [0.4, 0.5) is 5.69 Å². The van der Waals surface area contributed by atoms with Crippen LogP contribution in [0.15, 0.2) is 18.2 Å². The molecule has 1 fully saturated rings. The zero-order chi connectivity index (χ0) is 17.2. The number of anilines is 1. The average molecular weight is 338 g/mol. The maximum Gasteiger partial charge on any atom is 0.244 e. The minimum atomic E-state index is -3.11. The van der Waals surface area contributed by atoms with Crippen molar-refractivity contribution in [1.29, 1.82) is 0 Å². The Balaban J connectivity index is 2.05. The predicted octanol–water partition coefficient (Wildman–Crippen LogP) is 1.28. The number of carbonyl (C=O) groups excluding carboxylic acids is 2. The molecule has 1 atom stereocenters. The third kappa shape index (κ3) is 4.79. The fraction of sp³-hybridized carbons (Fsp3) is 0.500. The summed E-state index contributed by atoms with van der Waals surface area (Å²) < 4.78 is 23.2. The lowest BCUT2D eigenvalue weighted by Crippen LogP contribution is -2.44. The molecule has 1 heterocycles. The highest BCUT2D eigenvalue weighted by Gasteiger charge is 2.34. The lowest BCUT2D eigenvalue weighted by Gasteiger charge is -2.26. The lowest BCUT2D eigenvalue weighted by atomic mass is 10.1. The van der Waals surface area contributed by atoms with Crippen molar-refractivity contribution in [1.82, 2.24) is 4.90 Å². The summed E-state index contributed by atoms with van der Waals surface area (Å²) in [5.74, 6) is -0.610. The number of hydrogen-bond acceptors (Lipinski definition) is 4. The monoisotopic (exact) mass is 338 g/mol. The quantitative estimate of drug-likeness (QED) is 0.896. The summed E-state index contributed by atoms with van der Waals surface area (Å²) in [6, 6.07) is 5.29. The number of sulfone groups is 1. The van der Waals surface area contributed by atoms with Gasteiger partial charge in [0.1, 0.15) is 6.54 Å². The molecule has 23 heavy (non-hydrogen) atoms. The molecular formula is C16H22N2O4S. The summed E-state index contributed by atoms with van der Waals surface area (Å²) in [7, 11) is -3.11. The highest BCUT2D eigenvalue weighted by Crippen LogP contribution is 2.18. The van der Waals surface area contributed by atoms with E-state index in [4.69, 9.17) is 0 Å². The number of nitrogens with zero attached hydrogens (tertiary/aromatic N) is 1. The molecular weight excluding hydrogens is 316 g/mol. The number of hydrogen-bond donors (Lipinski definition) is 1. The number of amides is 2. The van der Waals surface area contributed by atoms with Gasteiger partial charge in [-0.25, -0.2) is 8.42 Å². The Morgan fingerprint density at radius 3 is 2.30 bits per heavy atom. The molecule has 2 amide bonds. The van der Waals surface area contributed by atoms with E-state index in [-0.39, 0.29) is 29.9 Å². The smallest absolute Gasteiger partial charge is 0.244 e. The minimum absolute atomic E-state index is 0.0661. The molecule has 6 nitrogen and oxygen atoms in total. The summed E-state index contributed by atoms with van der Waals surface area (Å²) in [5.41, 5.74) is 2.74. The van der Waals surface area contributed by atoms with Crippen molar-refractivity contribution in [2.45, 2.75) is 33.2 Å². The van der Waals surface area contributed by atoms with Crippen LogP contribution in [0.5, 0.6) is 0 Å². The van der Waals surface area contributed by atoms with Crippen LogP contribution in [0, 0.1) is 13.8 Å². The van der Waals surface area contributed by atoms with Crippen LogP contribution < -0.4 is 5.32 Å². The maximum absolute atomic E-state index is 12.2. The standard InChI is InChI=1S/C16H22N2O4S/c1-11-6-12(2)8-14(7-11)17-16(20)9-18(13(3)19)15-4-5-23(21,22)10-15/h6-8,15H,4-5,9-10H2,1-3H3,(H,17,20). The molecule has 126 valence electrons. The van der Waals surface area contributed by atoms with Gasteiger partial charge in [-0.15, -0.1) is 0 Å². The van der Waals surface area contributed by atoms with Crippen LogP contribution in [-0.4, -0.2) is 49.2 Å². The van der Waals surface area contributed by atoms with Crippen molar-refractivity contribution in [3.8, 4) is 0 Å². The topological polar surface area (TPSA) is 83.6 Å². The molecule has 1 aromatic carbocycles. The molecule has 0 aliphatic carbocycles. The number of rotatable bonds is 4. The van der Waals surface area contributed by atoms with E-state index in [0.717, 1.165) is 11.1 Å². The Morgan fingerprint density at radius 1 is 1.22 bits per heavy atom. The molecule has 2 rings (SSSR count). The van der Waals surface area contributed by atoms with Crippen molar-refractivity contribution in [2.24, 2.45) is 0 Å². The largest absolute Gasteiger partial charge is 0.330 e. The highest BCUT2D eigenvalue weighted by molar-refractivity contribution is 7.91. The highest BCUT2D eigenvalue weighted by atomic mass is 32.2. The molecule has 1 aliphatic heterocycles. The summed E-state index contributed by atoms with van der Waals surface area (Å²) in [4.78, 5) is 25.4. The fourth-order valence-electron chi connectivity index (χ4n) is 2.92. The fourth-order valence-corrected chi connectivity index (χ4v) is 4.65. The Hall–Kier alpha value is -1.89. The van der Waals surface area contributed by atoms with Crippen molar-refractivity contribution in [2.75, 3.05) is 23.4 Å². The predicted molar refractivity (Wildman–Crippen MR) is 89.0 cm³/mol. The van der Waals surface area contributed by atoms with Gasteiger partial charge in [-0.2, -0.15) is 0 Å². The summed E-state index contributed by atoms with van der Waals surface area (Å²) >= 11 is 0. The van der Waals surface area contributed by atoms with Crippen LogP contribution in [0.2, 0.25) is 0 Å². The molecule has 0 saturated carbocycles. The molecule has 1 saturated heterocycles. The maximum atomic E-state index is 12.2. The first-order valence-electron chi connectivity index (χ1n) is 7.52. The van der Waals surface area contributed by atoms with Crippen molar-refractivity contribution in [3.05, 3.63) is 29.3 Å². The van der Waals surface area contributed by atoms with Crippen LogP contribution >= 0.6 is 0 Å². The van der Waals surface area contributed by atoms with E-state index < -0.39 is 15.9 Å². The summed E-state index contributed by atoms with van der Waals surface area (Å²) in [6.07, 6.45) is 0.388. The zero-order valence-corrected chi connectivity index (χ0v) is 14.4. The number of nitrogens with one attached hydrogen (secondary N) is 1. The van der Waals surface area contributed by atoms with Crippen LogP contribution in [-0.2, 0) is 19.4 Å². The van der Waals surface area contributed by atoms with Crippen molar-refractivity contribution in [3.63, 3.8) is 0 Å². The minimum Gasteiger partial charge on any atom is -0.330 e. The lowest BCUT2D eigenvalue weighted by molar-refractivity contribution is -0.134. The van der Waals surface area contributed by atoms with E-state index in [0.29, 0.717) is 12.1 Å². The van der Waals surface area contributed by atoms with Gasteiger partial charge in [0, 0.05) is 18.7 Å². The van der Waals surface area contributed by atoms with Gasteiger partial charge in [-0.3, -0.25) is 9.59 Å². The van der Waals surface area contributed by atoms with Crippen LogP contribution in [0.1, 0.15) is 24.5 Å². The molecule has 1 aromatic rings. The van der Waals surface area contributed by atoms with Gasteiger partial charge in [0.05, 0.1) is 11.5 Å². The van der Waals surface area contributed by atoms with E-state index in [1.165, 1.54) is 11.8 Å². The molecule has 0 radical (unpaired) electrons. The van der Waals surface area contributed by atoms with Crippen LogP contribution in [0.25, 0.3) is 0 Å². The molecule has 0 aromatic heterocycles. The number of aryl methyl sites for hydroxylation is 2. The second-order valence-corrected chi connectivity index (χ2v) is 8.36. The Labute approximate surface area is 136 Å². The second-order valence-electron chi connectivity index (χ2n) is 6.13. The zero-order valence-electron chi connectivity index (χ0n) is 13.6. The second kappa shape index (κ2) is 6.70. The third-order valence-electron chi connectivity index (χ3n) is 3.87. The van der Waals surface area contributed by atoms with E-state index in [9.17, 15) is 18.0 Å². The Kier molecular flexibility index (Phi) is 5.09. The molecule has 1 aliphatic rings. The summed E-state index contributed by atoms with van der Waals surface area (Å²) in [6.45, 7) is 5.10. The van der Waals surface area contributed by atoms with Crippen molar-refractivity contribution >= 4 is 27.3 Å². The van der Waals surface area contributed by atoms with E-state index in [1.807, 2.05) is 32.0 Å². The molecule has 0 spiro atoms. The van der Waals surface area contributed by atoms with Gasteiger partial charge in [0.15, 0.2) is 9.84 Å². The average Bonchev–Trinajstić information content (AvgIpc) is 2.74. The first-order valence-corrected chi connectivity index (χ1v) is 9.34. The van der Waals surface area contributed by atoms with Gasteiger partial charge < -0.3 is 10.2 Å². The molecule has 0 bridgehead atoms. The normalized spacial score (nSPS) is 19.3. The van der Waals surface area contributed by atoms with Crippen LogP contribution in [0.3, 0.4) is 0 Å². The SMILES string of the molecule is CC(=O)N(CC(=O)Nc1cc(C)cc(C)c1)C1CCS(=O)(=O)C1. The van der Waals surface area contributed by atoms with E-state index in [1.54, 1.807) is 0 Å². The van der Waals surface area contributed by atoms with Gasteiger partial charge in [0.2, 0.25) is 11.8 Å². The van der Waals surface area contributed by atoms with Gasteiger partial charge in [0.25, 0.3) is 0 Å².